The minimum Gasteiger partial charge on any atom is -0.497 e. The van der Waals surface area contributed by atoms with E-state index >= 15 is 8.78 Å². The molecular weight excluding hydrogens is 1340 g/mol. The Balaban J connectivity index is 0.000000171. The van der Waals surface area contributed by atoms with Crippen molar-refractivity contribution in [3.8, 4) is 5.75 Å². The summed E-state index contributed by atoms with van der Waals surface area (Å²) in [6, 6.07) is 22.8. The lowest BCUT2D eigenvalue weighted by Crippen LogP contribution is -2.71. The van der Waals surface area contributed by atoms with Crippen LogP contribution in [0.4, 0.5) is 33.3 Å². The Kier molecular flexibility index (Phi) is 19.5. The number of halogens is 7. The van der Waals surface area contributed by atoms with Crippen molar-refractivity contribution in [3.05, 3.63) is 222 Å². The number of fused-ring (bicyclic) bond motifs is 8. The Hall–Kier alpha value is -9.81. The van der Waals surface area contributed by atoms with Crippen molar-refractivity contribution in [1.29, 1.82) is 0 Å². The van der Waals surface area contributed by atoms with E-state index in [4.69, 9.17) is 42.1 Å². The van der Waals surface area contributed by atoms with Gasteiger partial charge in [-0.25, -0.2) is 32.3 Å². The van der Waals surface area contributed by atoms with Crippen LogP contribution in [-0.4, -0.2) is 118 Å². The van der Waals surface area contributed by atoms with Gasteiger partial charge in [0.1, 0.15) is 18.3 Å². The van der Waals surface area contributed by atoms with E-state index in [1.807, 2.05) is 29.2 Å². The predicted octanol–water partition coefficient (Wildman–Crippen LogP) is 7.53. The zero-order valence-electron chi connectivity index (χ0n) is 52.6. The van der Waals surface area contributed by atoms with E-state index in [1.54, 1.807) is 99.4 Å². The molecule has 4 aromatic carbocycles. The third-order valence-electron chi connectivity index (χ3n) is 18.7. The summed E-state index contributed by atoms with van der Waals surface area (Å²) in [5.41, 5.74) is -12.3. The van der Waals surface area contributed by atoms with E-state index in [-0.39, 0.29) is 35.8 Å². The predicted molar refractivity (Wildman–Crippen MR) is 342 cm³/mol. The number of hydrogen-bond acceptors (Lipinski definition) is 18. The lowest BCUT2D eigenvalue weighted by molar-refractivity contribution is -0.249. The molecule has 0 amide bonds. The molecule has 0 bridgehead atoms. The fraction of sp³-hybridized carbons (Fsp3) is 0.343. The fourth-order valence-electron chi connectivity index (χ4n) is 14.0. The largest absolute Gasteiger partial charge is 0.497 e. The van der Waals surface area contributed by atoms with Crippen molar-refractivity contribution in [2.75, 3.05) is 19.0 Å². The molecule has 1 saturated heterocycles. The van der Waals surface area contributed by atoms with Crippen molar-refractivity contribution in [1.82, 2.24) is 28.7 Å². The number of nitrogens with one attached hydrogen (secondary N) is 4. The first-order valence-electron chi connectivity index (χ1n) is 30.1. The number of methoxy groups -OCH3 is 1. The van der Waals surface area contributed by atoms with Crippen LogP contribution in [0.15, 0.2) is 150 Å². The molecule has 5 aliphatic rings. The summed E-state index contributed by atoms with van der Waals surface area (Å²) in [6.07, 6.45) is -1.35. The maximum absolute atomic E-state index is 17.5. The first-order valence-corrected chi connectivity index (χ1v) is 30.9. The number of ketones is 2. The first kappa shape index (κ1) is 71.0. The number of anilines is 2. The second kappa shape index (κ2) is 26.9. The molecule has 7 aromatic rings. The van der Waals surface area contributed by atoms with Crippen molar-refractivity contribution < 1.29 is 74.8 Å². The quantitative estimate of drug-likeness (QED) is 0.0448. The summed E-state index contributed by atoms with van der Waals surface area (Å²) in [5.74, 6) is -12.4. The number of Topliss-reactive ketones (excluding diaryl/α,β-unsaturated/α-hetero) is 1. The molecule has 4 aliphatic carbocycles. The zero-order chi connectivity index (χ0) is 71.5. The number of aliphatic hydroxyl groups is 1. The highest BCUT2D eigenvalue weighted by molar-refractivity contribution is 6.39. The van der Waals surface area contributed by atoms with Gasteiger partial charge in [-0.05, 0) is 123 Å². The summed E-state index contributed by atoms with van der Waals surface area (Å²) >= 11 is 12.3. The number of aromatic amines is 3. The molecule has 98 heavy (non-hydrogen) atoms. The molecule has 1 aliphatic heterocycles. The number of para-hydroxylation sites is 2. The van der Waals surface area contributed by atoms with Crippen LogP contribution < -0.4 is 43.8 Å². The number of ether oxygens (including phenoxy) is 4. The lowest BCUT2D eigenvalue weighted by Gasteiger charge is -2.63. The molecule has 5 N–H and O–H groups in total. The van der Waals surface area contributed by atoms with Crippen LogP contribution in [0, 0.1) is 40.1 Å². The minimum absolute atomic E-state index is 0.0386. The molecule has 3 aromatic heterocycles. The molecule has 0 radical (unpaired) electrons. The number of allylic oxidation sites excluding steroid dienone is 4. The Bertz CT molecular complexity index is 4910. The van der Waals surface area contributed by atoms with Crippen LogP contribution in [0.5, 0.6) is 5.75 Å². The number of aromatic nitrogens is 6. The van der Waals surface area contributed by atoms with Gasteiger partial charge in [0.2, 0.25) is 41.0 Å². The third-order valence-corrected chi connectivity index (χ3v) is 19.3. The molecule has 4 heterocycles. The highest BCUT2D eigenvalue weighted by atomic mass is 35.5. The normalized spacial score (nSPS) is 24.9. The number of nitrogens with zero attached hydrogens (tertiary/aromatic N) is 3. The Morgan fingerprint density at radius 2 is 1.42 bits per heavy atom. The van der Waals surface area contributed by atoms with Gasteiger partial charge in [-0.1, -0.05) is 84.7 Å². The molecule has 2 unspecified atom stereocenters. The van der Waals surface area contributed by atoms with Crippen LogP contribution in [0.1, 0.15) is 91.7 Å². The van der Waals surface area contributed by atoms with Gasteiger partial charge in [0, 0.05) is 28.6 Å². The highest BCUT2D eigenvalue weighted by Gasteiger charge is 2.80. The van der Waals surface area contributed by atoms with Crippen molar-refractivity contribution in [2.24, 2.45) is 22.7 Å². The Morgan fingerprint density at radius 1 is 0.786 bits per heavy atom. The standard InChI is InChI=1S/C31H33F3N2O10.C18H12Cl2FN3O3.C18H15FN2O4/c1-27(2)45-22-9-15-16-8-18(32)17-7-14(37)5-6-28(17,3)30(16,34)20(38)11-29(15,4)31(22,46-27)21(39)13-44-24(41)10-23(40)36-25(42)19(33)12-35-26(36)43;19-11-5-3-6-12(20)16(11)22-14-7-2-1-4-10(14)8-15(25)24-9-13(21)17(26)23-18(24)27;1-10(17(23)21-9-15(19)16(22)20-18(21)24)11-3-4-13-8-14(25-2)6-5-12(13)7-11/h5-7,12,15-16,18,20,22,38H,8-11,13H2,1-4H3,(H,35,43);1-7,9,22H,8H2,(H,23,26,27);3-10H,1-2H3,(H,20,22,24)/t15?,16?,18-,20-,22+,28-,29-,30-,31+;;10-/m0.0/s1. The van der Waals surface area contributed by atoms with E-state index in [1.165, 1.54) is 13.0 Å². The summed E-state index contributed by atoms with van der Waals surface area (Å²) in [7, 11) is 1.58. The summed E-state index contributed by atoms with van der Waals surface area (Å²) < 4.78 is 97.4. The average Bonchev–Trinajstić information content (AvgIpc) is 1.43. The van der Waals surface area contributed by atoms with Gasteiger partial charge < -0.3 is 34.4 Å². The van der Waals surface area contributed by atoms with Gasteiger partial charge in [0.25, 0.3) is 16.7 Å². The van der Waals surface area contributed by atoms with Crippen LogP contribution in [0.25, 0.3) is 10.8 Å². The number of carbonyl (C=O) groups excluding carboxylic acids is 6. The van der Waals surface area contributed by atoms with Crippen LogP contribution in [0.2, 0.25) is 10.0 Å². The minimum atomic E-state index is -2.42. The number of aliphatic hydroxyl groups excluding tert-OH is 1. The third kappa shape index (κ3) is 12.8. The van der Waals surface area contributed by atoms with Crippen molar-refractivity contribution in [3.63, 3.8) is 0 Å². The van der Waals surface area contributed by atoms with E-state index in [2.05, 4.69) is 5.32 Å². The highest BCUT2D eigenvalue weighted by Crippen LogP contribution is 2.72. The number of hydrogen-bond donors (Lipinski definition) is 5. The maximum atomic E-state index is 17.5. The fourth-order valence-corrected chi connectivity index (χ4v) is 14.5. The van der Waals surface area contributed by atoms with Crippen molar-refractivity contribution >= 4 is 80.6 Å². The van der Waals surface area contributed by atoms with E-state index in [0.717, 1.165) is 28.7 Å². The summed E-state index contributed by atoms with van der Waals surface area (Å²) in [5, 5.41) is 17.3. The van der Waals surface area contributed by atoms with Crippen molar-refractivity contribution in [2.45, 2.75) is 108 Å². The van der Waals surface area contributed by atoms with Gasteiger partial charge in [-0.15, -0.1) is 0 Å². The molecule has 12 rings (SSSR count). The smallest absolute Gasteiger partial charge is 0.335 e. The lowest BCUT2D eigenvalue weighted by atomic mass is 9.44. The topological polar surface area (TPSA) is 336 Å². The number of alkyl halides is 2. The van der Waals surface area contributed by atoms with Gasteiger partial charge >= 0.3 is 23.0 Å². The first-order chi connectivity index (χ1) is 46.1. The molecule has 3 saturated carbocycles. The van der Waals surface area contributed by atoms with Gasteiger partial charge in [-0.3, -0.25) is 53.1 Å². The van der Waals surface area contributed by atoms with Gasteiger partial charge in [0.05, 0.1) is 59.8 Å². The summed E-state index contributed by atoms with van der Waals surface area (Å²) in [4.78, 5) is 151. The van der Waals surface area contributed by atoms with Gasteiger partial charge in [0.15, 0.2) is 29.4 Å². The van der Waals surface area contributed by atoms with E-state index in [0.29, 0.717) is 60.3 Å². The monoisotopic (exact) mass is 1400 g/mol. The molecule has 4 fully saturated rings. The molecule has 31 heteroatoms. The zero-order valence-corrected chi connectivity index (χ0v) is 54.2. The number of H-pyrrole nitrogens is 3. The second-order valence-corrected chi connectivity index (χ2v) is 25.7. The van der Waals surface area contributed by atoms with Crippen LogP contribution in [0.3, 0.4) is 0 Å². The molecular formula is C67H60Cl2F5N7O17. The molecule has 514 valence electrons. The van der Waals surface area contributed by atoms with Gasteiger partial charge in [-0.2, -0.15) is 17.7 Å². The van der Waals surface area contributed by atoms with Crippen LogP contribution >= 0.6 is 23.2 Å². The maximum Gasteiger partial charge on any atom is 0.335 e. The van der Waals surface area contributed by atoms with E-state index in [9.17, 15) is 75.8 Å². The second-order valence-electron chi connectivity index (χ2n) is 24.9. The number of benzene rings is 4. The SMILES string of the molecule is CC1(C)O[C@@H]2CC3C4C[C@H](F)C5=CC(=O)C=C[C@]5(C)[C@@]4(F)[C@@H](O)C[C@]3(C)[C@]2(C(=O)COC(=O)CC(=O)n2c(=O)[nH]cc(F)c2=O)O1.COc1ccc2cc([C@H](C)C(=O)n3cc(F)c(=O)[nH]c3=O)ccc2c1.O=C(Cc1ccccc1Nc1c(Cl)cccc1Cl)n1cc(F)c(=O)[nH]c1=O. The summed E-state index contributed by atoms with van der Waals surface area (Å²) in [6.45, 7) is 6.82. The number of esters is 1. The molecule has 10 atom stereocenters. The molecule has 0 spiro atoms. The average molecular weight is 1400 g/mol. The van der Waals surface area contributed by atoms with Crippen LogP contribution in [-0.2, 0) is 35.0 Å². The number of rotatable bonds is 12. The van der Waals surface area contributed by atoms with E-state index < -0.39 is 164 Å². The number of carbonyl (C=O) groups is 6. The molecule has 24 nitrogen and oxygen atoms in total. The Morgan fingerprint density at radius 3 is 2.09 bits per heavy atom. The Labute approximate surface area is 559 Å².